The number of methoxy groups -OCH3 is 1. The molecule has 1 aromatic rings. The fourth-order valence-electron chi connectivity index (χ4n) is 3.91. The van der Waals surface area contributed by atoms with Crippen molar-refractivity contribution in [3.63, 3.8) is 0 Å². The number of halogens is 3. The van der Waals surface area contributed by atoms with Crippen molar-refractivity contribution in [1.29, 1.82) is 0 Å². The molecular formula is C19H26F3N3O3. The molecule has 0 saturated carbocycles. The lowest BCUT2D eigenvalue weighted by Gasteiger charge is -2.40. The first-order chi connectivity index (χ1) is 13.4. The number of pyridine rings is 1. The van der Waals surface area contributed by atoms with Gasteiger partial charge in [-0.15, -0.1) is 0 Å². The fraction of sp³-hybridized carbons (Fsp3) is 0.684. The van der Waals surface area contributed by atoms with E-state index in [9.17, 15) is 18.0 Å². The molecule has 1 amide bonds. The first-order valence-electron chi connectivity index (χ1n) is 9.56. The lowest BCUT2D eigenvalue weighted by Crippen LogP contribution is -2.53. The number of carbonyl (C=O) groups is 1. The van der Waals surface area contributed by atoms with Crippen LogP contribution in [0.3, 0.4) is 0 Å². The summed E-state index contributed by atoms with van der Waals surface area (Å²) in [4.78, 5) is 20.5. The van der Waals surface area contributed by atoms with Crippen LogP contribution in [0.1, 0.15) is 24.8 Å². The second-order valence-electron chi connectivity index (χ2n) is 7.20. The molecule has 1 aromatic heterocycles. The van der Waals surface area contributed by atoms with Gasteiger partial charge in [0.2, 0.25) is 5.91 Å². The number of anilines is 1. The highest BCUT2D eigenvalue weighted by molar-refractivity contribution is 5.80. The van der Waals surface area contributed by atoms with Crippen molar-refractivity contribution < 1.29 is 27.4 Å². The van der Waals surface area contributed by atoms with Crippen LogP contribution in [0.5, 0.6) is 0 Å². The molecule has 2 saturated heterocycles. The van der Waals surface area contributed by atoms with Crippen LogP contribution >= 0.6 is 0 Å². The summed E-state index contributed by atoms with van der Waals surface area (Å²) >= 11 is 0. The predicted molar refractivity (Wildman–Crippen MR) is 97.0 cm³/mol. The molecule has 2 atom stereocenters. The smallest absolute Gasteiger partial charge is 0.385 e. The number of nitrogens with zero attached hydrogens (tertiary/aromatic N) is 3. The highest BCUT2D eigenvalue weighted by atomic mass is 19.4. The highest BCUT2D eigenvalue weighted by Gasteiger charge is 2.39. The molecule has 0 bridgehead atoms. The third-order valence-electron chi connectivity index (χ3n) is 5.33. The maximum atomic E-state index is 13.4. The van der Waals surface area contributed by atoms with E-state index in [0.29, 0.717) is 52.2 Å². The Hall–Kier alpha value is -1.87. The average molecular weight is 401 g/mol. The molecule has 9 heteroatoms. The van der Waals surface area contributed by atoms with Gasteiger partial charge in [-0.25, -0.2) is 4.98 Å². The predicted octanol–water partition coefficient (Wildman–Crippen LogP) is 2.58. The highest BCUT2D eigenvalue weighted by Crippen LogP contribution is 2.36. The largest absolute Gasteiger partial charge is 0.419 e. The van der Waals surface area contributed by atoms with E-state index in [1.54, 1.807) is 12.0 Å². The molecule has 28 heavy (non-hydrogen) atoms. The van der Waals surface area contributed by atoms with Crippen molar-refractivity contribution in [3.8, 4) is 0 Å². The number of aromatic nitrogens is 1. The van der Waals surface area contributed by atoms with Gasteiger partial charge < -0.3 is 19.3 Å². The maximum Gasteiger partial charge on any atom is 0.419 e. The summed E-state index contributed by atoms with van der Waals surface area (Å²) in [6.45, 7) is 2.67. The van der Waals surface area contributed by atoms with E-state index in [2.05, 4.69) is 4.98 Å². The molecule has 0 radical (unpaired) electrons. The van der Waals surface area contributed by atoms with Crippen LogP contribution in [0.15, 0.2) is 18.3 Å². The SMILES string of the molecule is COCC[C@@H]1COCCN1C(=O)[C@@H]1CCCN(c2ncccc2C(F)(F)F)C1. The number of carbonyl (C=O) groups excluding carboxylic acids is 1. The van der Waals surface area contributed by atoms with Crippen LogP contribution in [-0.2, 0) is 20.4 Å². The molecule has 6 nitrogen and oxygen atoms in total. The number of hydrogen-bond donors (Lipinski definition) is 0. The molecule has 0 aromatic carbocycles. The van der Waals surface area contributed by atoms with Crippen LogP contribution in [0.25, 0.3) is 0 Å². The van der Waals surface area contributed by atoms with Gasteiger partial charge in [-0.3, -0.25) is 4.79 Å². The Bertz CT molecular complexity index is 671. The van der Waals surface area contributed by atoms with Crippen molar-refractivity contribution in [3.05, 3.63) is 23.9 Å². The van der Waals surface area contributed by atoms with Gasteiger partial charge in [0, 0.05) is 39.5 Å². The molecule has 0 spiro atoms. The first-order valence-corrected chi connectivity index (χ1v) is 9.56. The molecule has 0 unspecified atom stereocenters. The van der Waals surface area contributed by atoms with Gasteiger partial charge in [0.1, 0.15) is 5.82 Å². The van der Waals surface area contributed by atoms with Crippen molar-refractivity contribution >= 4 is 11.7 Å². The quantitative estimate of drug-likeness (QED) is 0.759. The topological polar surface area (TPSA) is 54.9 Å². The zero-order chi connectivity index (χ0) is 20.1. The van der Waals surface area contributed by atoms with Gasteiger partial charge >= 0.3 is 6.18 Å². The molecule has 2 aliphatic rings. The molecule has 156 valence electrons. The molecule has 3 rings (SSSR count). The maximum absolute atomic E-state index is 13.4. The molecule has 0 N–H and O–H groups in total. The minimum Gasteiger partial charge on any atom is -0.385 e. The Labute approximate surface area is 162 Å². The summed E-state index contributed by atoms with van der Waals surface area (Å²) in [5, 5.41) is 0. The third-order valence-corrected chi connectivity index (χ3v) is 5.33. The van der Waals surface area contributed by atoms with Crippen molar-refractivity contribution in [2.24, 2.45) is 5.92 Å². The number of hydrogen-bond acceptors (Lipinski definition) is 5. The summed E-state index contributed by atoms with van der Waals surface area (Å²) in [7, 11) is 1.61. The zero-order valence-corrected chi connectivity index (χ0v) is 16.0. The Kier molecular flexibility index (Phi) is 6.77. The number of amides is 1. The summed E-state index contributed by atoms with van der Waals surface area (Å²) in [6, 6.07) is 2.26. The normalized spacial score (nSPS) is 23.7. The summed E-state index contributed by atoms with van der Waals surface area (Å²) < 4.78 is 50.7. The first kappa shape index (κ1) is 20.9. The molecular weight excluding hydrogens is 375 g/mol. The van der Waals surface area contributed by atoms with Crippen LogP contribution in [-0.4, -0.2) is 68.4 Å². The van der Waals surface area contributed by atoms with E-state index in [4.69, 9.17) is 9.47 Å². The summed E-state index contributed by atoms with van der Waals surface area (Å²) in [5.41, 5.74) is -0.757. The average Bonchev–Trinajstić information content (AvgIpc) is 2.71. The Balaban J connectivity index is 1.73. The summed E-state index contributed by atoms with van der Waals surface area (Å²) in [5.74, 6) is -0.455. The Morgan fingerprint density at radius 2 is 2.21 bits per heavy atom. The van der Waals surface area contributed by atoms with Crippen LogP contribution in [0.4, 0.5) is 19.0 Å². The second kappa shape index (κ2) is 9.09. The monoisotopic (exact) mass is 401 g/mol. The van der Waals surface area contributed by atoms with E-state index >= 15 is 0 Å². The number of rotatable bonds is 5. The zero-order valence-electron chi connectivity index (χ0n) is 16.0. The van der Waals surface area contributed by atoms with Gasteiger partial charge in [0.05, 0.1) is 30.7 Å². The minimum atomic E-state index is -4.48. The minimum absolute atomic E-state index is 0.0152. The number of ether oxygens (including phenoxy) is 2. The lowest BCUT2D eigenvalue weighted by atomic mass is 9.95. The van der Waals surface area contributed by atoms with E-state index in [0.717, 1.165) is 6.07 Å². The van der Waals surface area contributed by atoms with Crippen molar-refractivity contribution in [2.45, 2.75) is 31.5 Å². The Morgan fingerprint density at radius 1 is 1.39 bits per heavy atom. The molecule has 3 heterocycles. The number of piperidine rings is 1. The van der Waals surface area contributed by atoms with E-state index in [1.807, 2.05) is 4.90 Å². The van der Waals surface area contributed by atoms with Crippen LogP contribution in [0, 0.1) is 5.92 Å². The van der Waals surface area contributed by atoms with E-state index < -0.39 is 11.7 Å². The van der Waals surface area contributed by atoms with E-state index in [-0.39, 0.29) is 30.2 Å². The molecule has 0 aliphatic carbocycles. The fourth-order valence-corrected chi connectivity index (χ4v) is 3.91. The molecule has 2 fully saturated rings. The number of alkyl halides is 3. The van der Waals surface area contributed by atoms with Crippen molar-refractivity contribution in [2.75, 3.05) is 51.5 Å². The van der Waals surface area contributed by atoms with Gasteiger partial charge in [0.15, 0.2) is 0 Å². The van der Waals surface area contributed by atoms with E-state index in [1.165, 1.54) is 12.3 Å². The van der Waals surface area contributed by atoms with Gasteiger partial charge in [-0.05, 0) is 31.4 Å². The standard InChI is InChI=1S/C19H26F3N3O3/c1-27-10-6-15-13-28-11-9-25(15)18(26)14-4-3-8-24(12-14)17-16(19(20,21)22)5-2-7-23-17/h2,5,7,14-15H,3-4,6,8-13H2,1H3/t14-,15-/m1/s1. The second-order valence-corrected chi connectivity index (χ2v) is 7.20. The van der Waals surface area contributed by atoms with Crippen LogP contribution < -0.4 is 4.90 Å². The lowest BCUT2D eigenvalue weighted by molar-refractivity contribution is -0.145. The van der Waals surface area contributed by atoms with Gasteiger partial charge in [-0.2, -0.15) is 13.2 Å². The van der Waals surface area contributed by atoms with Gasteiger partial charge in [-0.1, -0.05) is 0 Å². The van der Waals surface area contributed by atoms with Gasteiger partial charge in [0.25, 0.3) is 0 Å². The van der Waals surface area contributed by atoms with Crippen molar-refractivity contribution in [1.82, 2.24) is 9.88 Å². The third kappa shape index (κ3) is 4.75. The Morgan fingerprint density at radius 3 is 2.96 bits per heavy atom. The summed E-state index contributed by atoms with van der Waals surface area (Å²) in [6.07, 6.45) is -1.12. The van der Waals surface area contributed by atoms with Crippen LogP contribution in [0.2, 0.25) is 0 Å². The number of morpholine rings is 1. The molecule has 2 aliphatic heterocycles.